The van der Waals surface area contributed by atoms with Crippen LogP contribution < -0.4 is 5.32 Å². The Morgan fingerprint density at radius 3 is 2.60 bits per heavy atom. The van der Waals surface area contributed by atoms with E-state index in [1.807, 2.05) is 19.1 Å². The van der Waals surface area contributed by atoms with Gasteiger partial charge in [-0.3, -0.25) is 0 Å². The zero-order valence-corrected chi connectivity index (χ0v) is 13.9. The maximum atomic E-state index is 13.6. The first-order chi connectivity index (χ1) is 9.47. The minimum atomic E-state index is -0.220. The van der Waals surface area contributed by atoms with E-state index >= 15 is 0 Å². The number of hydrogen-bond acceptors (Lipinski definition) is 1. The molecule has 0 heterocycles. The third kappa shape index (κ3) is 3.95. The molecule has 0 spiro atoms. The lowest BCUT2D eigenvalue weighted by atomic mass is 10.1. The largest absolute Gasteiger partial charge is 0.306 e. The van der Waals surface area contributed by atoms with Crippen LogP contribution in [0.15, 0.2) is 40.9 Å². The van der Waals surface area contributed by atoms with Gasteiger partial charge in [-0.15, -0.1) is 0 Å². The van der Waals surface area contributed by atoms with E-state index in [2.05, 4.69) is 21.2 Å². The molecule has 1 unspecified atom stereocenters. The normalized spacial score (nSPS) is 12.4. The van der Waals surface area contributed by atoms with Crippen LogP contribution in [-0.4, -0.2) is 0 Å². The van der Waals surface area contributed by atoms with Crippen molar-refractivity contribution in [2.75, 3.05) is 0 Å². The summed E-state index contributed by atoms with van der Waals surface area (Å²) >= 11 is 15.2. The molecule has 0 aliphatic rings. The first-order valence-electron chi connectivity index (χ1n) is 6.09. The van der Waals surface area contributed by atoms with E-state index in [9.17, 15) is 4.39 Å². The molecule has 0 saturated carbocycles. The Balaban J connectivity index is 2.06. The molecule has 106 valence electrons. The van der Waals surface area contributed by atoms with Gasteiger partial charge in [0.25, 0.3) is 0 Å². The van der Waals surface area contributed by atoms with Crippen molar-refractivity contribution in [2.45, 2.75) is 19.5 Å². The summed E-state index contributed by atoms with van der Waals surface area (Å²) in [5.74, 6) is -0.220. The van der Waals surface area contributed by atoms with Gasteiger partial charge in [-0.1, -0.05) is 45.2 Å². The van der Waals surface area contributed by atoms with Gasteiger partial charge in [0.2, 0.25) is 0 Å². The van der Waals surface area contributed by atoms with E-state index in [0.29, 0.717) is 22.2 Å². The van der Waals surface area contributed by atoms with Gasteiger partial charge in [-0.2, -0.15) is 0 Å². The summed E-state index contributed by atoms with van der Waals surface area (Å²) in [5.41, 5.74) is 1.63. The molecule has 2 aromatic carbocycles. The highest BCUT2D eigenvalue weighted by atomic mass is 79.9. The van der Waals surface area contributed by atoms with Gasteiger partial charge in [0.05, 0.1) is 10.0 Å². The van der Waals surface area contributed by atoms with E-state index in [-0.39, 0.29) is 11.9 Å². The average Bonchev–Trinajstić information content (AvgIpc) is 2.42. The highest BCUT2D eigenvalue weighted by Gasteiger charge is 2.09. The Hall–Kier alpha value is -0.610. The number of nitrogens with one attached hydrogen (secondary N) is 1. The topological polar surface area (TPSA) is 12.0 Å². The average molecular weight is 377 g/mol. The molecule has 2 rings (SSSR count). The van der Waals surface area contributed by atoms with Crippen molar-refractivity contribution >= 4 is 39.1 Å². The van der Waals surface area contributed by atoms with Gasteiger partial charge in [0.15, 0.2) is 0 Å². The van der Waals surface area contributed by atoms with E-state index in [1.54, 1.807) is 18.2 Å². The number of halogens is 4. The molecule has 1 nitrogen and oxygen atoms in total. The second-order valence-electron chi connectivity index (χ2n) is 4.51. The zero-order chi connectivity index (χ0) is 14.7. The molecule has 0 fully saturated rings. The van der Waals surface area contributed by atoms with Crippen molar-refractivity contribution in [2.24, 2.45) is 0 Å². The quantitative estimate of drug-likeness (QED) is 0.716. The summed E-state index contributed by atoms with van der Waals surface area (Å²) in [6.45, 7) is 2.43. The highest BCUT2D eigenvalue weighted by Crippen LogP contribution is 2.26. The van der Waals surface area contributed by atoms with Crippen molar-refractivity contribution in [1.29, 1.82) is 0 Å². The van der Waals surface area contributed by atoms with E-state index in [0.717, 1.165) is 10.0 Å². The van der Waals surface area contributed by atoms with Crippen LogP contribution in [0.25, 0.3) is 0 Å². The molecule has 1 N–H and O–H groups in total. The Bertz CT molecular complexity index is 619. The fourth-order valence-electron chi connectivity index (χ4n) is 1.84. The standard InChI is InChI=1S/C15H13BrCl2FN/c1-9(10-2-4-13(17)14(18)7-10)20-8-11-6-12(16)3-5-15(11)19/h2-7,9,20H,8H2,1H3. The molecule has 1 atom stereocenters. The van der Waals surface area contributed by atoms with Crippen LogP contribution in [0.4, 0.5) is 4.39 Å². The predicted octanol–water partition coefficient (Wildman–Crippen LogP) is 5.75. The summed E-state index contributed by atoms with van der Waals surface area (Å²) in [4.78, 5) is 0. The minimum absolute atomic E-state index is 0.0446. The van der Waals surface area contributed by atoms with Gasteiger partial charge in [0, 0.05) is 22.6 Å². The Kier molecular flexibility index (Phi) is 5.44. The van der Waals surface area contributed by atoms with Crippen LogP contribution in [-0.2, 0) is 6.54 Å². The smallest absolute Gasteiger partial charge is 0.127 e. The highest BCUT2D eigenvalue weighted by molar-refractivity contribution is 9.10. The summed E-state index contributed by atoms with van der Waals surface area (Å²) in [6, 6.07) is 10.4. The Morgan fingerprint density at radius 2 is 1.90 bits per heavy atom. The lowest BCUT2D eigenvalue weighted by molar-refractivity contribution is 0.544. The lowest BCUT2D eigenvalue weighted by Crippen LogP contribution is -2.18. The maximum absolute atomic E-state index is 13.6. The van der Waals surface area contributed by atoms with Crippen molar-refractivity contribution in [3.05, 3.63) is 67.9 Å². The lowest BCUT2D eigenvalue weighted by Gasteiger charge is -2.15. The molecule has 0 bridgehead atoms. The third-order valence-corrected chi connectivity index (χ3v) is 4.28. The second kappa shape index (κ2) is 6.90. The summed E-state index contributed by atoms with van der Waals surface area (Å²) in [7, 11) is 0. The van der Waals surface area contributed by atoms with Crippen LogP contribution in [0.2, 0.25) is 10.0 Å². The zero-order valence-electron chi connectivity index (χ0n) is 10.8. The maximum Gasteiger partial charge on any atom is 0.127 e. The molecular formula is C15H13BrCl2FN. The third-order valence-electron chi connectivity index (χ3n) is 3.05. The molecule has 0 aromatic heterocycles. The molecule has 0 saturated heterocycles. The number of hydrogen-bond donors (Lipinski definition) is 1. The molecule has 0 aliphatic heterocycles. The van der Waals surface area contributed by atoms with Gasteiger partial charge >= 0.3 is 0 Å². The Labute approximate surface area is 136 Å². The van der Waals surface area contributed by atoms with E-state index < -0.39 is 0 Å². The molecule has 20 heavy (non-hydrogen) atoms. The minimum Gasteiger partial charge on any atom is -0.306 e. The van der Waals surface area contributed by atoms with Gasteiger partial charge in [0.1, 0.15) is 5.82 Å². The fourth-order valence-corrected chi connectivity index (χ4v) is 2.56. The number of rotatable bonds is 4. The van der Waals surface area contributed by atoms with Crippen LogP contribution in [0.5, 0.6) is 0 Å². The summed E-state index contributed by atoms with van der Waals surface area (Å²) in [5, 5.41) is 4.32. The second-order valence-corrected chi connectivity index (χ2v) is 6.24. The molecule has 5 heteroatoms. The summed E-state index contributed by atoms with van der Waals surface area (Å²) in [6.07, 6.45) is 0. The molecule has 0 aliphatic carbocycles. The summed E-state index contributed by atoms with van der Waals surface area (Å²) < 4.78 is 14.5. The molecule has 0 amide bonds. The van der Waals surface area contributed by atoms with Crippen LogP contribution in [0, 0.1) is 5.82 Å². The van der Waals surface area contributed by atoms with Gasteiger partial charge in [-0.05, 0) is 42.8 Å². The van der Waals surface area contributed by atoms with Crippen molar-refractivity contribution in [3.8, 4) is 0 Å². The van der Waals surface area contributed by atoms with Crippen LogP contribution in [0.1, 0.15) is 24.1 Å². The monoisotopic (exact) mass is 375 g/mol. The molecular weight excluding hydrogens is 364 g/mol. The van der Waals surface area contributed by atoms with Gasteiger partial charge < -0.3 is 5.32 Å². The fraction of sp³-hybridized carbons (Fsp3) is 0.200. The first-order valence-corrected chi connectivity index (χ1v) is 7.64. The molecule has 0 radical (unpaired) electrons. The Morgan fingerprint density at radius 1 is 1.15 bits per heavy atom. The van der Waals surface area contributed by atoms with E-state index in [1.165, 1.54) is 6.07 Å². The van der Waals surface area contributed by atoms with Crippen molar-refractivity contribution in [1.82, 2.24) is 5.32 Å². The van der Waals surface area contributed by atoms with E-state index in [4.69, 9.17) is 23.2 Å². The first kappa shape index (κ1) is 15.8. The predicted molar refractivity (Wildman–Crippen MR) is 85.8 cm³/mol. The van der Waals surface area contributed by atoms with Crippen LogP contribution in [0.3, 0.4) is 0 Å². The van der Waals surface area contributed by atoms with Crippen molar-refractivity contribution in [3.63, 3.8) is 0 Å². The van der Waals surface area contributed by atoms with Crippen LogP contribution >= 0.6 is 39.1 Å². The number of benzene rings is 2. The molecule has 2 aromatic rings. The van der Waals surface area contributed by atoms with Gasteiger partial charge in [-0.25, -0.2) is 4.39 Å². The SMILES string of the molecule is CC(NCc1cc(Br)ccc1F)c1ccc(Cl)c(Cl)c1. The van der Waals surface area contributed by atoms with Crippen molar-refractivity contribution < 1.29 is 4.39 Å².